The molecule has 1 N–H and O–H groups in total. The molecule has 0 aromatic heterocycles. The Balaban J connectivity index is 1.98. The fourth-order valence-corrected chi connectivity index (χ4v) is 2.21. The first-order valence-corrected chi connectivity index (χ1v) is 6.37. The van der Waals surface area contributed by atoms with Crippen LogP contribution in [0.1, 0.15) is 10.4 Å². The number of carbonyl (C=O) groups is 1. The van der Waals surface area contributed by atoms with Crippen molar-refractivity contribution in [1.29, 1.82) is 0 Å². The monoisotopic (exact) mass is 268 g/mol. The summed E-state index contributed by atoms with van der Waals surface area (Å²) in [6.45, 7) is 2.82. The zero-order valence-corrected chi connectivity index (χ0v) is 11.1. The van der Waals surface area contributed by atoms with Crippen molar-refractivity contribution >= 4 is 17.5 Å². The molecule has 1 aliphatic rings. The van der Waals surface area contributed by atoms with Crippen LogP contribution in [-0.4, -0.2) is 50.2 Å². The van der Waals surface area contributed by atoms with Crippen LogP contribution < -0.4 is 5.32 Å². The van der Waals surface area contributed by atoms with E-state index in [9.17, 15) is 4.79 Å². The van der Waals surface area contributed by atoms with E-state index in [4.69, 9.17) is 16.3 Å². The van der Waals surface area contributed by atoms with Gasteiger partial charge in [-0.25, -0.2) is 0 Å². The number of ether oxygens (including phenoxy) is 1. The van der Waals surface area contributed by atoms with Gasteiger partial charge in [-0.2, -0.15) is 0 Å². The summed E-state index contributed by atoms with van der Waals surface area (Å²) in [5.74, 6) is -0.0621. The summed E-state index contributed by atoms with van der Waals surface area (Å²) in [6.07, 6.45) is 0. The Hall–Kier alpha value is -1.10. The summed E-state index contributed by atoms with van der Waals surface area (Å²) in [4.78, 5) is 13.9. The first-order chi connectivity index (χ1) is 8.68. The lowest BCUT2D eigenvalue weighted by molar-refractivity contribution is 0.0565. The Morgan fingerprint density at radius 1 is 1.56 bits per heavy atom. The van der Waals surface area contributed by atoms with Gasteiger partial charge in [-0.1, -0.05) is 23.7 Å². The zero-order valence-electron chi connectivity index (χ0n) is 10.4. The quantitative estimate of drug-likeness (QED) is 0.901. The number of carbonyl (C=O) groups excluding carboxylic acids is 1. The van der Waals surface area contributed by atoms with Gasteiger partial charge in [-0.05, 0) is 12.1 Å². The Labute approximate surface area is 112 Å². The van der Waals surface area contributed by atoms with Crippen molar-refractivity contribution in [2.75, 3.05) is 33.4 Å². The van der Waals surface area contributed by atoms with Gasteiger partial charge in [0.2, 0.25) is 0 Å². The molecule has 0 bridgehead atoms. The van der Waals surface area contributed by atoms with Crippen LogP contribution in [-0.2, 0) is 4.74 Å². The van der Waals surface area contributed by atoms with Gasteiger partial charge in [0.05, 0.1) is 23.8 Å². The first kappa shape index (κ1) is 13.3. The van der Waals surface area contributed by atoms with Gasteiger partial charge >= 0.3 is 0 Å². The van der Waals surface area contributed by atoms with Crippen LogP contribution in [0.3, 0.4) is 0 Å². The number of likely N-dealkylation sites (N-methyl/N-ethyl adjacent to an activating group) is 1. The molecule has 0 saturated carbocycles. The Morgan fingerprint density at radius 2 is 2.33 bits per heavy atom. The van der Waals surface area contributed by atoms with Crippen LogP contribution in [0.5, 0.6) is 0 Å². The molecule has 0 radical (unpaired) electrons. The summed E-state index contributed by atoms with van der Waals surface area (Å²) >= 11 is 6.02. The highest BCUT2D eigenvalue weighted by Gasteiger charge is 2.20. The zero-order chi connectivity index (χ0) is 13.0. The van der Waals surface area contributed by atoms with E-state index in [0.717, 1.165) is 13.2 Å². The number of halogens is 1. The van der Waals surface area contributed by atoms with Crippen molar-refractivity contribution in [3.8, 4) is 0 Å². The lowest BCUT2D eigenvalue weighted by Gasteiger charge is -2.28. The van der Waals surface area contributed by atoms with E-state index in [1.165, 1.54) is 0 Å². The maximum atomic E-state index is 12.2. The van der Waals surface area contributed by atoms with E-state index in [-0.39, 0.29) is 11.9 Å². The van der Waals surface area contributed by atoms with Crippen LogP contribution in [0, 0.1) is 0 Å². The molecule has 2 rings (SSSR count). The number of morpholine rings is 1. The molecule has 1 saturated heterocycles. The molecule has 1 aromatic rings. The van der Waals surface area contributed by atoms with E-state index >= 15 is 0 Å². The second-order valence-electron chi connectivity index (χ2n) is 4.39. The third-order valence-corrected chi connectivity index (χ3v) is 3.27. The fraction of sp³-hybridized carbons (Fsp3) is 0.462. The number of rotatable bonds is 3. The molecule has 98 valence electrons. The Kier molecular flexibility index (Phi) is 4.58. The lowest BCUT2D eigenvalue weighted by Crippen LogP contribution is -2.48. The standard InChI is InChI=1S/C13H17ClN2O2/c1-16(8-10-9-18-7-6-15-10)13(17)11-4-2-3-5-12(11)14/h2-5,10,15H,6-9H2,1H3. The molecule has 1 unspecified atom stereocenters. The van der Waals surface area contributed by atoms with Gasteiger partial charge in [-0.3, -0.25) is 4.79 Å². The van der Waals surface area contributed by atoms with Crippen LogP contribution in [0.15, 0.2) is 24.3 Å². The summed E-state index contributed by atoms with van der Waals surface area (Å²) < 4.78 is 5.37. The molecule has 1 heterocycles. The van der Waals surface area contributed by atoms with Gasteiger partial charge in [-0.15, -0.1) is 0 Å². The van der Waals surface area contributed by atoms with Crippen molar-refractivity contribution in [2.45, 2.75) is 6.04 Å². The molecule has 1 aromatic carbocycles. The Bertz CT molecular complexity index is 419. The van der Waals surface area contributed by atoms with E-state index < -0.39 is 0 Å². The van der Waals surface area contributed by atoms with E-state index in [1.54, 1.807) is 24.1 Å². The second kappa shape index (κ2) is 6.18. The third-order valence-electron chi connectivity index (χ3n) is 2.94. The van der Waals surface area contributed by atoms with Crippen LogP contribution in [0.25, 0.3) is 0 Å². The molecule has 1 fully saturated rings. The normalized spacial score (nSPS) is 19.6. The number of amides is 1. The molecule has 4 nitrogen and oxygen atoms in total. The van der Waals surface area contributed by atoms with Crippen molar-refractivity contribution in [3.05, 3.63) is 34.9 Å². The maximum absolute atomic E-state index is 12.2. The average molecular weight is 269 g/mol. The minimum atomic E-state index is -0.0621. The maximum Gasteiger partial charge on any atom is 0.255 e. The highest BCUT2D eigenvalue weighted by atomic mass is 35.5. The second-order valence-corrected chi connectivity index (χ2v) is 4.80. The van der Waals surface area contributed by atoms with Gasteiger partial charge in [0, 0.05) is 26.2 Å². The highest BCUT2D eigenvalue weighted by Crippen LogP contribution is 2.16. The molecule has 0 spiro atoms. The predicted molar refractivity (Wildman–Crippen MR) is 71.0 cm³/mol. The fourth-order valence-electron chi connectivity index (χ4n) is 1.99. The van der Waals surface area contributed by atoms with E-state index in [0.29, 0.717) is 23.7 Å². The van der Waals surface area contributed by atoms with Crippen molar-refractivity contribution in [3.63, 3.8) is 0 Å². The minimum Gasteiger partial charge on any atom is -0.378 e. The number of nitrogens with zero attached hydrogens (tertiary/aromatic N) is 1. The first-order valence-electron chi connectivity index (χ1n) is 5.99. The molecular formula is C13H17ClN2O2. The number of benzene rings is 1. The van der Waals surface area contributed by atoms with Crippen LogP contribution in [0.2, 0.25) is 5.02 Å². The van der Waals surface area contributed by atoms with Gasteiger partial charge in [0.1, 0.15) is 0 Å². The van der Waals surface area contributed by atoms with E-state index in [1.807, 2.05) is 12.1 Å². The molecule has 5 heteroatoms. The molecule has 1 aliphatic heterocycles. The summed E-state index contributed by atoms with van der Waals surface area (Å²) in [7, 11) is 1.78. The smallest absolute Gasteiger partial charge is 0.255 e. The van der Waals surface area contributed by atoms with Crippen LogP contribution >= 0.6 is 11.6 Å². The minimum absolute atomic E-state index is 0.0621. The summed E-state index contributed by atoms with van der Waals surface area (Å²) in [5.41, 5.74) is 0.540. The molecule has 1 amide bonds. The van der Waals surface area contributed by atoms with Gasteiger partial charge in [0.15, 0.2) is 0 Å². The SMILES string of the molecule is CN(CC1COCCN1)C(=O)c1ccccc1Cl. The van der Waals surface area contributed by atoms with Crippen molar-refractivity contribution in [1.82, 2.24) is 10.2 Å². The van der Waals surface area contributed by atoms with Gasteiger partial charge in [0.25, 0.3) is 5.91 Å². The number of hydrogen-bond acceptors (Lipinski definition) is 3. The van der Waals surface area contributed by atoms with Crippen molar-refractivity contribution < 1.29 is 9.53 Å². The third kappa shape index (κ3) is 3.22. The average Bonchev–Trinajstić information content (AvgIpc) is 2.39. The number of nitrogens with one attached hydrogen (secondary N) is 1. The summed E-state index contributed by atoms with van der Waals surface area (Å²) in [5, 5.41) is 3.81. The predicted octanol–water partition coefficient (Wildman–Crippen LogP) is 1.40. The van der Waals surface area contributed by atoms with Crippen molar-refractivity contribution in [2.24, 2.45) is 0 Å². The van der Waals surface area contributed by atoms with E-state index in [2.05, 4.69) is 5.32 Å². The topological polar surface area (TPSA) is 41.6 Å². The van der Waals surface area contributed by atoms with Crippen LogP contribution in [0.4, 0.5) is 0 Å². The Morgan fingerprint density at radius 3 is 3.00 bits per heavy atom. The largest absolute Gasteiger partial charge is 0.378 e. The lowest BCUT2D eigenvalue weighted by atomic mass is 10.2. The number of hydrogen-bond donors (Lipinski definition) is 1. The summed E-state index contributed by atoms with van der Waals surface area (Å²) in [6, 6.07) is 7.29. The molecular weight excluding hydrogens is 252 g/mol. The molecule has 18 heavy (non-hydrogen) atoms. The molecule has 0 aliphatic carbocycles. The van der Waals surface area contributed by atoms with Gasteiger partial charge < -0.3 is 15.0 Å². The highest BCUT2D eigenvalue weighted by molar-refractivity contribution is 6.33. The molecule has 1 atom stereocenters.